The van der Waals surface area contributed by atoms with Crippen molar-refractivity contribution in [1.82, 2.24) is 14.9 Å². The Morgan fingerprint density at radius 2 is 2.14 bits per heavy atom. The van der Waals surface area contributed by atoms with E-state index >= 15 is 0 Å². The van der Waals surface area contributed by atoms with Crippen LogP contribution < -0.4 is 10.0 Å². The average Bonchev–Trinajstić information content (AvgIpc) is 2.48. The fourth-order valence-corrected chi connectivity index (χ4v) is 2.30. The van der Waals surface area contributed by atoms with Gasteiger partial charge < -0.3 is 10.2 Å². The normalized spacial score (nSPS) is 22.4. The molecule has 0 aromatic carbocycles. The maximum atomic E-state index is 11.2. The third-order valence-corrected chi connectivity index (χ3v) is 2.83. The molecule has 82 valence electrons. The first-order chi connectivity index (χ1) is 6.42. The van der Waals surface area contributed by atoms with Crippen LogP contribution in [0.5, 0.6) is 0 Å². The van der Waals surface area contributed by atoms with Gasteiger partial charge in [0.15, 0.2) is 0 Å². The van der Waals surface area contributed by atoms with Gasteiger partial charge in [-0.05, 0) is 6.42 Å². The molecule has 0 aliphatic carbocycles. The first-order valence-corrected chi connectivity index (χ1v) is 6.25. The lowest BCUT2D eigenvalue weighted by Crippen LogP contribution is -2.40. The number of nitrogens with zero attached hydrogens (tertiary/aromatic N) is 1. The van der Waals surface area contributed by atoms with E-state index in [1.165, 1.54) is 0 Å². The van der Waals surface area contributed by atoms with Crippen molar-refractivity contribution in [2.45, 2.75) is 12.5 Å². The third-order valence-electron chi connectivity index (χ3n) is 2.07. The highest BCUT2D eigenvalue weighted by Crippen LogP contribution is 2.09. The monoisotopic (exact) mass is 221 g/mol. The summed E-state index contributed by atoms with van der Waals surface area (Å²) in [6.07, 6.45) is 1.79. The Labute approximate surface area is 83.7 Å². The van der Waals surface area contributed by atoms with Crippen LogP contribution in [0.4, 0.5) is 4.79 Å². The van der Waals surface area contributed by atoms with E-state index in [2.05, 4.69) is 10.0 Å². The summed E-state index contributed by atoms with van der Waals surface area (Å²) in [4.78, 5) is 12.7. The molecular formula is C7H15N3O3S. The van der Waals surface area contributed by atoms with E-state index in [1.54, 1.807) is 11.9 Å². The van der Waals surface area contributed by atoms with E-state index in [9.17, 15) is 13.2 Å². The molecule has 0 aromatic heterocycles. The summed E-state index contributed by atoms with van der Waals surface area (Å²) in [5.41, 5.74) is 0. The number of urea groups is 1. The molecule has 0 radical (unpaired) electrons. The summed E-state index contributed by atoms with van der Waals surface area (Å²) >= 11 is 0. The van der Waals surface area contributed by atoms with Gasteiger partial charge in [-0.1, -0.05) is 0 Å². The first-order valence-electron chi connectivity index (χ1n) is 4.36. The van der Waals surface area contributed by atoms with E-state index < -0.39 is 10.0 Å². The number of sulfonamides is 1. The van der Waals surface area contributed by atoms with Crippen LogP contribution in [0.2, 0.25) is 0 Å². The molecule has 0 aromatic rings. The van der Waals surface area contributed by atoms with Crippen LogP contribution >= 0.6 is 0 Å². The minimum Gasteiger partial charge on any atom is -0.341 e. The largest absolute Gasteiger partial charge is 0.341 e. The second-order valence-electron chi connectivity index (χ2n) is 3.38. The van der Waals surface area contributed by atoms with Crippen molar-refractivity contribution in [1.29, 1.82) is 0 Å². The zero-order valence-electron chi connectivity index (χ0n) is 8.28. The summed E-state index contributed by atoms with van der Waals surface area (Å²) in [5.74, 6) is 0. The van der Waals surface area contributed by atoms with Crippen LogP contribution in [0.3, 0.4) is 0 Å². The van der Waals surface area contributed by atoms with E-state index in [4.69, 9.17) is 0 Å². The van der Waals surface area contributed by atoms with Crippen LogP contribution in [-0.2, 0) is 10.0 Å². The van der Waals surface area contributed by atoms with E-state index in [-0.39, 0.29) is 12.1 Å². The summed E-state index contributed by atoms with van der Waals surface area (Å²) in [7, 11) is -1.62. The van der Waals surface area contributed by atoms with Crippen LogP contribution in [0.15, 0.2) is 0 Å². The molecule has 1 aliphatic rings. The van der Waals surface area contributed by atoms with E-state index in [0.29, 0.717) is 19.5 Å². The standard InChI is InChI=1S/C7H15N3O3S/c1-8-7(11)10-4-3-6(5-10)9-14(2,12)13/h6,9H,3-5H2,1-2H3,(H,8,11)/t6-/m1/s1. The summed E-state index contributed by atoms with van der Waals surface area (Å²) in [5, 5.41) is 2.50. The zero-order chi connectivity index (χ0) is 10.8. The molecule has 14 heavy (non-hydrogen) atoms. The molecule has 1 fully saturated rings. The highest BCUT2D eigenvalue weighted by molar-refractivity contribution is 7.88. The predicted octanol–water partition coefficient (Wildman–Crippen LogP) is -1.05. The van der Waals surface area contributed by atoms with Gasteiger partial charge in [0.25, 0.3) is 0 Å². The molecule has 2 amide bonds. The molecule has 0 spiro atoms. The van der Waals surface area contributed by atoms with Gasteiger partial charge in [-0.15, -0.1) is 0 Å². The van der Waals surface area contributed by atoms with Crippen molar-refractivity contribution in [3.05, 3.63) is 0 Å². The smallest absolute Gasteiger partial charge is 0.317 e. The average molecular weight is 221 g/mol. The van der Waals surface area contributed by atoms with E-state index in [1.807, 2.05) is 0 Å². The summed E-state index contributed by atoms with van der Waals surface area (Å²) in [6.45, 7) is 1.03. The third kappa shape index (κ3) is 3.15. The first kappa shape index (κ1) is 11.3. The Kier molecular flexibility index (Phi) is 3.33. The number of nitrogens with one attached hydrogen (secondary N) is 2. The Balaban J connectivity index is 2.46. The molecule has 1 saturated heterocycles. The Bertz CT molecular complexity index is 314. The molecule has 0 unspecified atom stereocenters. The number of carbonyl (C=O) groups excluding carboxylic acids is 1. The number of amides is 2. The molecule has 0 bridgehead atoms. The van der Waals surface area contributed by atoms with Gasteiger partial charge in [-0.2, -0.15) is 0 Å². The van der Waals surface area contributed by atoms with Crippen molar-refractivity contribution >= 4 is 16.1 Å². The van der Waals surface area contributed by atoms with Gasteiger partial charge in [-0.25, -0.2) is 17.9 Å². The molecule has 6 nitrogen and oxygen atoms in total. The number of carbonyl (C=O) groups is 1. The molecule has 1 aliphatic heterocycles. The van der Waals surface area contributed by atoms with E-state index in [0.717, 1.165) is 6.26 Å². The highest BCUT2D eigenvalue weighted by atomic mass is 32.2. The van der Waals surface area contributed by atoms with Gasteiger partial charge in [0.05, 0.1) is 6.26 Å². The van der Waals surface area contributed by atoms with Crippen LogP contribution in [-0.4, -0.2) is 51.8 Å². The molecule has 2 N–H and O–H groups in total. The minimum atomic E-state index is -3.17. The van der Waals surface area contributed by atoms with Gasteiger partial charge in [0, 0.05) is 26.2 Å². The van der Waals surface area contributed by atoms with Crippen molar-refractivity contribution in [2.24, 2.45) is 0 Å². The van der Waals surface area contributed by atoms with Gasteiger partial charge in [-0.3, -0.25) is 0 Å². The van der Waals surface area contributed by atoms with Crippen LogP contribution in [0.1, 0.15) is 6.42 Å². The van der Waals surface area contributed by atoms with Crippen molar-refractivity contribution < 1.29 is 13.2 Å². The lowest BCUT2D eigenvalue weighted by molar-refractivity contribution is 0.210. The SMILES string of the molecule is CNC(=O)N1CC[C@@H](NS(C)(=O)=O)C1. The number of hydrogen-bond donors (Lipinski definition) is 2. The Hall–Kier alpha value is -0.820. The number of hydrogen-bond acceptors (Lipinski definition) is 3. The molecule has 0 saturated carbocycles. The zero-order valence-corrected chi connectivity index (χ0v) is 9.10. The topological polar surface area (TPSA) is 78.5 Å². The molecule has 7 heteroatoms. The second kappa shape index (κ2) is 4.14. The maximum absolute atomic E-state index is 11.2. The van der Waals surface area contributed by atoms with Crippen LogP contribution in [0, 0.1) is 0 Å². The van der Waals surface area contributed by atoms with Crippen molar-refractivity contribution in [3.63, 3.8) is 0 Å². The van der Waals surface area contributed by atoms with Gasteiger partial charge in [0.1, 0.15) is 0 Å². The van der Waals surface area contributed by atoms with Crippen molar-refractivity contribution in [3.8, 4) is 0 Å². The number of rotatable bonds is 2. The lowest BCUT2D eigenvalue weighted by Gasteiger charge is -2.15. The molecule has 1 rings (SSSR count). The van der Waals surface area contributed by atoms with Gasteiger partial charge in [0.2, 0.25) is 10.0 Å². The fraction of sp³-hybridized carbons (Fsp3) is 0.857. The molecule has 1 atom stereocenters. The van der Waals surface area contributed by atoms with Crippen LogP contribution in [0.25, 0.3) is 0 Å². The minimum absolute atomic E-state index is 0.151. The predicted molar refractivity (Wildman–Crippen MR) is 52.4 cm³/mol. The quantitative estimate of drug-likeness (QED) is 0.624. The highest BCUT2D eigenvalue weighted by Gasteiger charge is 2.27. The lowest BCUT2D eigenvalue weighted by atomic mass is 10.3. The molecular weight excluding hydrogens is 206 g/mol. The van der Waals surface area contributed by atoms with Crippen molar-refractivity contribution in [2.75, 3.05) is 26.4 Å². The molecule has 1 heterocycles. The number of likely N-dealkylation sites (tertiary alicyclic amines) is 1. The summed E-state index contributed by atoms with van der Waals surface area (Å²) in [6, 6.07) is -0.315. The fourth-order valence-electron chi connectivity index (χ4n) is 1.50. The Morgan fingerprint density at radius 3 is 2.64 bits per heavy atom. The second-order valence-corrected chi connectivity index (χ2v) is 5.16. The maximum Gasteiger partial charge on any atom is 0.317 e. The Morgan fingerprint density at radius 1 is 1.50 bits per heavy atom. The van der Waals surface area contributed by atoms with Gasteiger partial charge >= 0.3 is 6.03 Å². The summed E-state index contributed by atoms with van der Waals surface area (Å²) < 4.78 is 24.3.